The molecule has 1 fully saturated rings. The summed E-state index contributed by atoms with van der Waals surface area (Å²) in [7, 11) is 0. The third-order valence-electron chi connectivity index (χ3n) is 2.41. The van der Waals surface area contributed by atoms with Crippen molar-refractivity contribution in [1.29, 1.82) is 0 Å². The summed E-state index contributed by atoms with van der Waals surface area (Å²) < 4.78 is 46.6. The first-order valence-corrected chi connectivity index (χ1v) is 4.86. The van der Waals surface area contributed by atoms with E-state index in [1.807, 2.05) is 0 Å². The molecule has 1 aliphatic heterocycles. The van der Waals surface area contributed by atoms with Crippen LogP contribution in [0.2, 0.25) is 0 Å². The van der Waals surface area contributed by atoms with E-state index < -0.39 is 30.3 Å². The van der Waals surface area contributed by atoms with Crippen molar-refractivity contribution in [1.82, 2.24) is 0 Å². The lowest BCUT2D eigenvalue weighted by atomic mass is 9.93. The standard InChI is InChI=1S/C10H13F3O3/c1-3-9(14)16-6(2)4-8-7(5-15-8)10(11,12)13/h3,6-8H,1,4-5H2,2H3. The average Bonchev–Trinajstić information content (AvgIpc) is 2.09. The highest BCUT2D eigenvalue weighted by Crippen LogP contribution is 2.38. The van der Waals surface area contributed by atoms with E-state index in [1.165, 1.54) is 6.92 Å². The van der Waals surface area contributed by atoms with E-state index in [2.05, 4.69) is 6.58 Å². The van der Waals surface area contributed by atoms with Crippen LogP contribution >= 0.6 is 0 Å². The monoisotopic (exact) mass is 238 g/mol. The second-order valence-corrected chi connectivity index (χ2v) is 3.71. The van der Waals surface area contributed by atoms with E-state index >= 15 is 0 Å². The minimum absolute atomic E-state index is 0.0454. The molecule has 0 aromatic carbocycles. The lowest BCUT2D eigenvalue weighted by Gasteiger charge is -2.38. The van der Waals surface area contributed by atoms with Gasteiger partial charge in [0.15, 0.2) is 0 Å². The summed E-state index contributed by atoms with van der Waals surface area (Å²) in [6.07, 6.45) is -4.75. The Morgan fingerprint density at radius 3 is 2.69 bits per heavy atom. The van der Waals surface area contributed by atoms with Gasteiger partial charge in [0, 0.05) is 12.5 Å². The highest BCUT2D eigenvalue weighted by molar-refractivity contribution is 5.81. The molecule has 0 N–H and O–H groups in total. The van der Waals surface area contributed by atoms with Crippen molar-refractivity contribution in [3.63, 3.8) is 0 Å². The van der Waals surface area contributed by atoms with E-state index in [0.717, 1.165) is 6.08 Å². The number of halogens is 3. The van der Waals surface area contributed by atoms with Crippen molar-refractivity contribution in [2.24, 2.45) is 5.92 Å². The summed E-state index contributed by atoms with van der Waals surface area (Å²) in [5.41, 5.74) is 0. The summed E-state index contributed by atoms with van der Waals surface area (Å²) in [5.74, 6) is -2.09. The molecule has 92 valence electrons. The number of hydrogen-bond acceptors (Lipinski definition) is 3. The quantitative estimate of drug-likeness (QED) is 0.555. The van der Waals surface area contributed by atoms with Gasteiger partial charge in [0.2, 0.25) is 0 Å². The average molecular weight is 238 g/mol. The SMILES string of the molecule is C=CC(=O)OC(C)CC1OCC1C(F)(F)F. The van der Waals surface area contributed by atoms with Crippen molar-refractivity contribution in [3.05, 3.63) is 12.7 Å². The van der Waals surface area contributed by atoms with Gasteiger partial charge < -0.3 is 9.47 Å². The number of hydrogen-bond donors (Lipinski definition) is 0. The normalized spacial score (nSPS) is 26.8. The first kappa shape index (κ1) is 13.0. The van der Waals surface area contributed by atoms with Crippen LogP contribution in [0.3, 0.4) is 0 Å². The van der Waals surface area contributed by atoms with Crippen LogP contribution in [-0.4, -0.2) is 31.0 Å². The summed E-state index contributed by atoms with van der Waals surface area (Å²) in [5, 5.41) is 0. The maximum absolute atomic E-state index is 12.3. The number of carbonyl (C=O) groups is 1. The zero-order valence-electron chi connectivity index (χ0n) is 8.79. The molecule has 6 heteroatoms. The van der Waals surface area contributed by atoms with Crippen LogP contribution in [0.1, 0.15) is 13.3 Å². The second-order valence-electron chi connectivity index (χ2n) is 3.71. The van der Waals surface area contributed by atoms with Crippen LogP contribution in [0.25, 0.3) is 0 Å². The van der Waals surface area contributed by atoms with Gasteiger partial charge >= 0.3 is 12.1 Å². The fourth-order valence-corrected chi connectivity index (χ4v) is 1.49. The van der Waals surface area contributed by atoms with Crippen molar-refractivity contribution >= 4 is 5.97 Å². The number of ether oxygens (including phenoxy) is 2. The van der Waals surface area contributed by atoms with Gasteiger partial charge in [-0.3, -0.25) is 0 Å². The van der Waals surface area contributed by atoms with E-state index in [-0.39, 0.29) is 13.0 Å². The first-order chi connectivity index (χ1) is 7.34. The fourth-order valence-electron chi connectivity index (χ4n) is 1.49. The molecular weight excluding hydrogens is 225 g/mol. The van der Waals surface area contributed by atoms with Crippen LogP contribution in [0.15, 0.2) is 12.7 Å². The van der Waals surface area contributed by atoms with Gasteiger partial charge in [-0.25, -0.2) is 4.79 Å². The minimum atomic E-state index is -4.24. The highest BCUT2D eigenvalue weighted by Gasteiger charge is 2.51. The van der Waals surface area contributed by atoms with Gasteiger partial charge in [-0.15, -0.1) is 0 Å². The largest absolute Gasteiger partial charge is 0.459 e. The van der Waals surface area contributed by atoms with Crippen molar-refractivity contribution in [2.45, 2.75) is 31.7 Å². The summed E-state index contributed by atoms with van der Waals surface area (Å²) in [6.45, 7) is 4.41. The molecule has 0 aromatic heterocycles. The smallest absolute Gasteiger partial charge is 0.396 e. The summed E-state index contributed by atoms with van der Waals surface area (Å²) in [6, 6.07) is 0. The number of rotatable bonds is 4. The molecule has 0 radical (unpaired) electrons. The molecule has 0 aromatic rings. The predicted octanol–water partition coefficient (Wildman–Crippen LogP) is 2.07. The molecule has 1 saturated heterocycles. The third kappa shape index (κ3) is 3.23. The lowest BCUT2D eigenvalue weighted by molar-refractivity contribution is -0.277. The molecule has 0 bridgehead atoms. The highest BCUT2D eigenvalue weighted by atomic mass is 19.4. The van der Waals surface area contributed by atoms with Gasteiger partial charge in [-0.2, -0.15) is 13.2 Å². The molecule has 0 saturated carbocycles. The number of alkyl halides is 3. The molecule has 16 heavy (non-hydrogen) atoms. The van der Waals surface area contributed by atoms with Gasteiger partial charge in [0.05, 0.1) is 12.7 Å². The van der Waals surface area contributed by atoms with Crippen LogP contribution < -0.4 is 0 Å². The maximum atomic E-state index is 12.3. The number of esters is 1. The van der Waals surface area contributed by atoms with E-state index in [1.54, 1.807) is 0 Å². The van der Waals surface area contributed by atoms with Crippen LogP contribution in [0.4, 0.5) is 13.2 Å². The van der Waals surface area contributed by atoms with E-state index in [0.29, 0.717) is 0 Å². The molecule has 0 spiro atoms. The summed E-state index contributed by atoms with van der Waals surface area (Å²) in [4.78, 5) is 10.8. The molecule has 1 aliphatic rings. The Hall–Kier alpha value is -1.04. The van der Waals surface area contributed by atoms with Crippen LogP contribution in [-0.2, 0) is 14.3 Å². The topological polar surface area (TPSA) is 35.5 Å². The van der Waals surface area contributed by atoms with E-state index in [9.17, 15) is 18.0 Å². The zero-order valence-corrected chi connectivity index (χ0v) is 8.79. The molecule has 3 atom stereocenters. The Bertz CT molecular complexity index is 275. The van der Waals surface area contributed by atoms with Crippen LogP contribution in [0.5, 0.6) is 0 Å². The molecule has 0 aliphatic carbocycles. The third-order valence-corrected chi connectivity index (χ3v) is 2.41. The molecular formula is C10H13F3O3. The Morgan fingerprint density at radius 2 is 2.31 bits per heavy atom. The first-order valence-electron chi connectivity index (χ1n) is 4.86. The zero-order chi connectivity index (χ0) is 12.3. The Balaban J connectivity index is 2.38. The van der Waals surface area contributed by atoms with Gasteiger partial charge in [0.1, 0.15) is 12.0 Å². The molecule has 3 unspecified atom stereocenters. The Kier molecular flexibility index (Phi) is 3.96. The predicted molar refractivity (Wildman–Crippen MR) is 49.7 cm³/mol. The van der Waals surface area contributed by atoms with Crippen molar-refractivity contribution in [3.8, 4) is 0 Å². The minimum Gasteiger partial charge on any atom is -0.459 e. The maximum Gasteiger partial charge on any atom is 0.396 e. The van der Waals surface area contributed by atoms with Crippen molar-refractivity contribution in [2.75, 3.05) is 6.61 Å². The Morgan fingerprint density at radius 1 is 1.69 bits per heavy atom. The van der Waals surface area contributed by atoms with Crippen molar-refractivity contribution < 1.29 is 27.4 Å². The number of carbonyl (C=O) groups excluding carboxylic acids is 1. The molecule has 0 amide bonds. The molecule has 1 rings (SSSR count). The second kappa shape index (κ2) is 4.86. The summed E-state index contributed by atoms with van der Waals surface area (Å²) >= 11 is 0. The fraction of sp³-hybridized carbons (Fsp3) is 0.700. The Labute approximate surface area is 91.2 Å². The lowest BCUT2D eigenvalue weighted by Crippen LogP contribution is -2.50. The molecule has 1 heterocycles. The van der Waals surface area contributed by atoms with Crippen LogP contribution in [0, 0.1) is 5.92 Å². The van der Waals surface area contributed by atoms with E-state index in [4.69, 9.17) is 9.47 Å². The van der Waals surface area contributed by atoms with Gasteiger partial charge in [-0.05, 0) is 6.92 Å². The molecule has 3 nitrogen and oxygen atoms in total. The van der Waals surface area contributed by atoms with Gasteiger partial charge in [0.25, 0.3) is 0 Å². The van der Waals surface area contributed by atoms with Gasteiger partial charge in [-0.1, -0.05) is 6.58 Å².